The lowest BCUT2D eigenvalue weighted by molar-refractivity contribution is -0.136. The van der Waals surface area contributed by atoms with Crippen LogP contribution in [0.3, 0.4) is 0 Å². The van der Waals surface area contributed by atoms with Crippen LogP contribution in [0.4, 0.5) is 0 Å². The first-order valence-corrected chi connectivity index (χ1v) is 7.94. The number of methoxy groups -OCH3 is 1. The molecule has 1 aromatic rings. The first kappa shape index (κ1) is 20.0. The van der Waals surface area contributed by atoms with E-state index in [4.69, 9.17) is 0 Å². The predicted molar refractivity (Wildman–Crippen MR) is 104 cm³/mol. The van der Waals surface area contributed by atoms with Crippen molar-refractivity contribution in [1.82, 2.24) is 0 Å². The zero-order valence-corrected chi connectivity index (χ0v) is 14.8. The molecule has 0 aliphatic rings. The second-order valence-corrected chi connectivity index (χ2v) is 5.29. The van der Waals surface area contributed by atoms with Crippen molar-refractivity contribution in [3.8, 4) is 0 Å². The van der Waals surface area contributed by atoms with Crippen LogP contribution in [-0.4, -0.2) is 18.2 Å². The van der Waals surface area contributed by atoms with Crippen molar-refractivity contribution in [2.75, 3.05) is 7.11 Å². The fourth-order valence-electron chi connectivity index (χ4n) is 1.85. The molecule has 1 aromatic carbocycles. The standard InChI is InChI=1S/C22H24O3/c1-18(17-20-14-10-8-11-15-20)13-9-6-4-5-7-12-16-21(23)19(2)22(24)25-3/h4-17,23H,1-3H3. The van der Waals surface area contributed by atoms with E-state index in [1.165, 1.54) is 25.7 Å². The van der Waals surface area contributed by atoms with E-state index in [1.807, 2.05) is 48.6 Å². The highest BCUT2D eigenvalue weighted by Crippen LogP contribution is 2.07. The summed E-state index contributed by atoms with van der Waals surface area (Å²) >= 11 is 0. The second-order valence-electron chi connectivity index (χ2n) is 5.29. The average Bonchev–Trinajstić information content (AvgIpc) is 2.63. The van der Waals surface area contributed by atoms with Crippen molar-refractivity contribution in [2.45, 2.75) is 13.8 Å². The van der Waals surface area contributed by atoms with Crippen LogP contribution in [0.5, 0.6) is 0 Å². The Kier molecular flexibility index (Phi) is 9.16. The Morgan fingerprint density at radius 3 is 2.08 bits per heavy atom. The lowest BCUT2D eigenvalue weighted by atomic mass is 10.1. The van der Waals surface area contributed by atoms with Crippen molar-refractivity contribution in [3.63, 3.8) is 0 Å². The van der Waals surface area contributed by atoms with E-state index in [2.05, 4.69) is 29.9 Å². The summed E-state index contributed by atoms with van der Waals surface area (Å²) in [5.41, 5.74) is 2.51. The van der Waals surface area contributed by atoms with Crippen LogP contribution in [0.2, 0.25) is 0 Å². The van der Waals surface area contributed by atoms with Gasteiger partial charge in [-0.25, -0.2) is 4.79 Å². The number of hydrogen-bond donors (Lipinski definition) is 1. The minimum absolute atomic E-state index is 0.109. The van der Waals surface area contributed by atoms with Gasteiger partial charge in [0.15, 0.2) is 0 Å². The SMILES string of the molecule is COC(=O)C(C)=C(O)C=CC=CC=CC=CC(C)=Cc1ccccc1. The molecule has 0 heterocycles. The van der Waals surface area contributed by atoms with Crippen molar-refractivity contribution in [3.05, 3.63) is 101 Å². The molecule has 130 valence electrons. The van der Waals surface area contributed by atoms with Gasteiger partial charge in [0.25, 0.3) is 0 Å². The number of aliphatic hydroxyl groups excluding tert-OH is 1. The van der Waals surface area contributed by atoms with Crippen molar-refractivity contribution in [2.24, 2.45) is 0 Å². The van der Waals surface area contributed by atoms with Gasteiger partial charge in [0.2, 0.25) is 0 Å². The molecule has 0 unspecified atom stereocenters. The molecule has 0 aromatic heterocycles. The van der Waals surface area contributed by atoms with Crippen molar-refractivity contribution < 1.29 is 14.6 Å². The quantitative estimate of drug-likeness (QED) is 0.317. The lowest BCUT2D eigenvalue weighted by Gasteiger charge is -1.99. The third-order valence-corrected chi connectivity index (χ3v) is 3.24. The lowest BCUT2D eigenvalue weighted by Crippen LogP contribution is -2.03. The number of carbonyl (C=O) groups excluding carboxylic acids is 1. The van der Waals surface area contributed by atoms with Crippen LogP contribution in [0, 0.1) is 0 Å². The molecule has 0 fully saturated rings. The summed E-state index contributed by atoms with van der Waals surface area (Å²) < 4.78 is 4.53. The fraction of sp³-hybridized carbons (Fsp3) is 0.136. The molecule has 25 heavy (non-hydrogen) atoms. The van der Waals surface area contributed by atoms with Gasteiger partial charge in [0, 0.05) is 0 Å². The minimum Gasteiger partial charge on any atom is -0.507 e. The molecule has 0 amide bonds. The second kappa shape index (κ2) is 11.5. The van der Waals surface area contributed by atoms with Crippen LogP contribution < -0.4 is 0 Å². The number of rotatable bonds is 7. The van der Waals surface area contributed by atoms with Crippen LogP contribution >= 0.6 is 0 Å². The highest BCUT2D eigenvalue weighted by Gasteiger charge is 2.06. The predicted octanol–water partition coefficient (Wildman–Crippen LogP) is 5.32. The monoisotopic (exact) mass is 336 g/mol. The number of benzene rings is 1. The van der Waals surface area contributed by atoms with Gasteiger partial charge in [0.1, 0.15) is 5.76 Å². The van der Waals surface area contributed by atoms with Gasteiger partial charge >= 0.3 is 5.97 Å². The first-order chi connectivity index (χ1) is 12.0. The molecule has 3 heteroatoms. The third-order valence-electron chi connectivity index (χ3n) is 3.24. The summed E-state index contributed by atoms with van der Waals surface area (Å²) in [7, 11) is 1.28. The summed E-state index contributed by atoms with van der Waals surface area (Å²) in [4.78, 5) is 11.2. The molecular weight excluding hydrogens is 312 g/mol. The van der Waals surface area contributed by atoms with Crippen LogP contribution in [0.25, 0.3) is 6.08 Å². The molecule has 0 aliphatic heterocycles. The molecule has 1 N–H and O–H groups in total. The van der Waals surface area contributed by atoms with Crippen molar-refractivity contribution in [1.29, 1.82) is 0 Å². The van der Waals surface area contributed by atoms with E-state index >= 15 is 0 Å². The van der Waals surface area contributed by atoms with E-state index in [1.54, 1.807) is 12.2 Å². The number of allylic oxidation sites excluding steroid dienone is 9. The van der Waals surface area contributed by atoms with Gasteiger partial charge in [-0.05, 0) is 25.5 Å². The maximum absolute atomic E-state index is 11.2. The maximum Gasteiger partial charge on any atom is 0.337 e. The Morgan fingerprint density at radius 2 is 1.48 bits per heavy atom. The van der Waals surface area contributed by atoms with Gasteiger partial charge in [-0.15, -0.1) is 0 Å². The Morgan fingerprint density at radius 1 is 0.920 bits per heavy atom. The third kappa shape index (κ3) is 8.37. The smallest absolute Gasteiger partial charge is 0.337 e. The molecular formula is C22H24O3. The zero-order chi connectivity index (χ0) is 18.5. The van der Waals surface area contributed by atoms with E-state index in [0.29, 0.717) is 0 Å². The summed E-state index contributed by atoms with van der Waals surface area (Å²) in [6.45, 7) is 3.56. The molecule has 3 nitrogen and oxygen atoms in total. The van der Waals surface area contributed by atoms with Gasteiger partial charge in [-0.2, -0.15) is 0 Å². The van der Waals surface area contributed by atoms with Crippen LogP contribution in [-0.2, 0) is 9.53 Å². The molecule has 0 bridgehead atoms. The number of aliphatic hydroxyl groups is 1. The Balaban J connectivity index is 2.50. The number of hydrogen-bond acceptors (Lipinski definition) is 3. The first-order valence-electron chi connectivity index (χ1n) is 7.94. The Labute approximate surface area is 149 Å². The van der Waals surface area contributed by atoms with E-state index < -0.39 is 5.97 Å². The number of ether oxygens (including phenoxy) is 1. The fourth-order valence-corrected chi connectivity index (χ4v) is 1.85. The minimum atomic E-state index is -0.546. The van der Waals surface area contributed by atoms with E-state index in [-0.39, 0.29) is 11.3 Å². The highest BCUT2D eigenvalue weighted by atomic mass is 16.5. The summed E-state index contributed by atoms with van der Waals surface area (Å²) in [5.74, 6) is -0.655. The number of carbonyl (C=O) groups is 1. The topological polar surface area (TPSA) is 46.5 Å². The summed E-state index contributed by atoms with van der Waals surface area (Å²) in [6, 6.07) is 10.2. The summed E-state index contributed by atoms with van der Waals surface area (Å²) in [5, 5.41) is 9.66. The molecule has 0 atom stereocenters. The highest BCUT2D eigenvalue weighted by molar-refractivity contribution is 5.88. The molecule has 0 saturated carbocycles. The van der Waals surface area contributed by atoms with Gasteiger partial charge < -0.3 is 9.84 Å². The van der Waals surface area contributed by atoms with Gasteiger partial charge in [-0.3, -0.25) is 0 Å². The Hall–Kier alpha value is -3.07. The van der Waals surface area contributed by atoms with Crippen LogP contribution in [0.1, 0.15) is 19.4 Å². The average molecular weight is 336 g/mol. The maximum atomic E-state index is 11.2. The van der Waals surface area contributed by atoms with Gasteiger partial charge in [-0.1, -0.05) is 84.5 Å². The van der Waals surface area contributed by atoms with Gasteiger partial charge in [0.05, 0.1) is 12.7 Å². The molecule has 1 rings (SSSR count). The molecule has 0 aliphatic carbocycles. The summed E-state index contributed by atoms with van der Waals surface area (Å²) in [6.07, 6.45) is 16.6. The van der Waals surface area contributed by atoms with Crippen LogP contribution in [0.15, 0.2) is 95.8 Å². The van der Waals surface area contributed by atoms with E-state index in [9.17, 15) is 9.90 Å². The largest absolute Gasteiger partial charge is 0.507 e. The Bertz CT molecular complexity index is 730. The molecule has 0 radical (unpaired) electrons. The molecule has 0 spiro atoms. The van der Waals surface area contributed by atoms with E-state index in [0.717, 1.165) is 5.57 Å². The zero-order valence-electron chi connectivity index (χ0n) is 14.8. The number of esters is 1. The molecule has 0 saturated heterocycles. The van der Waals surface area contributed by atoms with Crippen molar-refractivity contribution >= 4 is 12.0 Å². The normalized spacial score (nSPS) is 14.0.